The Morgan fingerprint density at radius 3 is 2.41 bits per heavy atom. The number of methoxy groups -OCH3 is 1. The van der Waals surface area contributed by atoms with Gasteiger partial charge in [0.15, 0.2) is 5.78 Å². The highest BCUT2D eigenvalue weighted by atomic mass is 16.5. The van der Waals surface area contributed by atoms with Gasteiger partial charge in [-0.2, -0.15) is 0 Å². The molecule has 0 heterocycles. The normalized spacial score (nSPS) is 19.1. The van der Waals surface area contributed by atoms with Gasteiger partial charge in [-0.25, -0.2) is 0 Å². The number of ketones is 1. The number of rotatable bonds is 6. The Bertz CT molecular complexity index is 909. The molecule has 0 aromatic heterocycles. The molecule has 0 saturated heterocycles. The minimum absolute atomic E-state index is 0.214. The van der Waals surface area contributed by atoms with Gasteiger partial charge >= 0.3 is 5.97 Å². The van der Waals surface area contributed by atoms with Crippen LogP contribution in [0.5, 0.6) is 5.75 Å². The zero-order valence-corrected chi connectivity index (χ0v) is 17.5. The third-order valence-electron chi connectivity index (χ3n) is 5.49. The summed E-state index contributed by atoms with van der Waals surface area (Å²) in [6.07, 6.45) is 2.15. The van der Waals surface area contributed by atoms with Crippen molar-refractivity contribution in [2.45, 2.75) is 39.0 Å². The maximum Gasteiger partial charge on any atom is 0.317 e. The molecule has 0 spiro atoms. The molecule has 2 aromatic rings. The summed E-state index contributed by atoms with van der Waals surface area (Å²) in [7, 11) is 1.62. The standard InChI is InChI=1S/C25H28O4/c1-5-29-25(27)24-21(18-12-10-17(11-13-18)16(2)3)14-19(15-22(24)26)20-8-6-7-9-23(20)28-4/h6-13,15-16,21,24H,5,14H2,1-4H3/t21-,24-/m0/s1. The maximum absolute atomic E-state index is 13.0. The second kappa shape index (κ2) is 9.08. The fraction of sp³-hybridized carbons (Fsp3) is 0.360. The number of esters is 1. The summed E-state index contributed by atoms with van der Waals surface area (Å²) in [5.41, 5.74) is 3.96. The van der Waals surface area contributed by atoms with Crippen LogP contribution in [0.4, 0.5) is 0 Å². The van der Waals surface area contributed by atoms with Crippen LogP contribution in [-0.2, 0) is 14.3 Å². The van der Waals surface area contributed by atoms with E-state index in [1.807, 2.05) is 36.4 Å². The highest BCUT2D eigenvalue weighted by Crippen LogP contribution is 2.42. The Morgan fingerprint density at radius 1 is 1.10 bits per heavy atom. The summed E-state index contributed by atoms with van der Waals surface area (Å²) in [6, 6.07) is 15.9. The predicted molar refractivity (Wildman–Crippen MR) is 114 cm³/mol. The molecule has 2 atom stereocenters. The molecule has 1 aliphatic carbocycles. The van der Waals surface area contributed by atoms with E-state index < -0.39 is 11.9 Å². The van der Waals surface area contributed by atoms with Gasteiger partial charge in [-0.3, -0.25) is 9.59 Å². The lowest BCUT2D eigenvalue weighted by molar-refractivity contribution is -0.151. The number of para-hydroxylation sites is 1. The van der Waals surface area contributed by atoms with E-state index in [-0.39, 0.29) is 18.3 Å². The molecule has 4 heteroatoms. The topological polar surface area (TPSA) is 52.6 Å². The first kappa shape index (κ1) is 20.8. The van der Waals surface area contributed by atoms with Crippen molar-refractivity contribution < 1.29 is 19.1 Å². The first-order valence-electron chi connectivity index (χ1n) is 10.1. The molecule has 2 aromatic carbocycles. The summed E-state index contributed by atoms with van der Waals surface area (Å²) in [6.45, 7) is 6.30. The largest absolute Gasteiger partial charge is 0.496 e. The molecule has 0 aliphatic heterocycles. The Kier molecular flexibility index (Phi) is 6.53. The van der Waals surface area contributed by atoms with Crippen molar-refractivity contribution in [2.24, 2.45) is 5.92 Å². The van der Waals surface area contributed by atoms with Crippen molar-refractivity contribution in [1.29, 1.82) is 0 Å². The summed E-state index contributed by atoms with van der Waals surface area (Å²) < 4.78 is 10.7. The third-order valence-corrected chi connectivity index (χ3v) is 5.49. The first-order valence-corrected chi connectivity index (χ1v) is 10.1. The zero-order chi connectivity index (χ0) is 21.0. The van der Waals surface area contributed by atoms with Crippen LogP contribution in [-0.4, -0.2) is 25.5 Å². The van der Waals surface area contributed by atoms with Gasteiger partial charge in [0.1, 0.15) is 11.7 Å². The van der Waals surface area contributed by atoms with Crippen LogP contribution >= 0.6 is 0 Å². The van der Waals surface area contributed by atoms with Crippen LogP contribution in [0.2, 0.25) is 0 Å². The van der Waals surface area contributed by atoms with Crippen LogP contribution in [0, 0.1) is 5.92 Å². The molecule has 0 amide bonds. The highest BCUT2D eigenvalue weighted by Gasteiger charge is 2.40. The zero-order valence-electron chi connectivity index (χ0n) is 17.5. The minimum atomic E-state index is -0.821. The number of carbonyl (C=O) groups is 2. The Hall–Kier alpha value is -2.88. The van der Waals surface area contributed by atoms with Gasteiger partial charge in [0, 0.05) is 11.5 Å². The van der Waals surface area contributed by atoms with Crippen LogP contribution in [0.15, 0.2) is 54.6 Å². The number of allylic oxidation sites excluding steroid dienone is 2. The van der Waals surface area contributed by atoms with Crippen LogP contribution < -0.4 is 4.74 Å². The summed E-state index contributed by atoms with van der Waals surface area (Å²) >= 11 is 0. The lowest BCUT2D eigenvalue weighted by Crippen LogP contribution is -2.34. The molecule has 29 heavy (non-hydrogen) atoms. The van der Waals surface area contributed by atoms with Crippen molar-refractivity contribution in [2.75, 3.05) is 13.7 Å². The van der Waals surface area contributed by atoms with Crippen molar-refractivity contribution >= 4 is 17.3 Å². The lowest BCUT2D eigenvalue weighted by Gasteiger charge is -2.30. The van der Waals surface area contributed by atoms with Gasteiger partial charge < -0.3 is 9.47 Å². The Morgan fingerprint density at radius 2 is 1.79 bits per heavy atom. The van der Waals surface area contributed by atoms with Crippen molar-refractivity contribution in [1.82, 2.24) is 0 Å². The molecule has 0 unspecified atom stereocenters. The van der Waals surface area contributed by atoms with Gasteiger partial charge in [-0.15, -0.1) is 0 Å². The fourth-order valence-corrected chi connectivity index (χ4v) is 3.92. The van der Waals surface area contributed by atoms with Crippen LogP contribution in [0.25, 0.3) is 5.57 Å². The third kappa shape index (κ3) is 4.42. The van der Waals surface area contributed by atoms with Crippen LogP contribution in [0.3, 0.4) is 0 Å². The van der Waals surface area contributed by atoms with Gasteiger partial charge in [-0.1, -0.05) is 56.3 Å². The van der Waals surface area contributed by atoms with Crippen molar-refractivity contribution in [3.05, 3.63) is 71.3 Å². The number of ether oxygens (including phenoxy) is 2. The summed E-state index contributed by atoms with van der Waals surface area (Å²) in [4.78, 5) is 25.7. The molecule has 152 valence electrons. The van der Waals surface area contributed by atoms with E-state index in [0.717, 1.165) is 22.4 Å². The van der Waals surface area contributed by atoms with E-state index in [2.05, 4.69) is 26.0 Å². The Labute approximate surface area is 172 Å². The summed E-state index contributed by atoms with van der Waals surface area (Å²) in [5.74, 6) is -0.623. The second-order valence-electron chi connectivity index (χ2n) is 7.63. The van der Waals surface area contributed by atoms with E-state index in [1.165, 1.54) is 5.56 Å². The fourth-order valence-electron chi connectivity index (χ4n) is 3.92. The van der Waals surface area contributed by atoms with Gasteiger partial charge in [0.05, 0.1) is 13.7 Å². The second-order valence-corrected chi connectivity index (χ2v) is 7.63. The number of carbonyl (C=O) groups excluding carboxylic acids is 2. The minimum Gasteiger partial charge on any atom is -0.496 e. The molecule has 3 rings (SSSR count). The van der Waals surface area contributed by atoms with Crippen molar-refractivity contribution in [3.63, 3.8) is 0 Å². The highest BCUT2D eigenvalue weighted by molar-refractivity contribution is 6.11. The van der Waals surface area contributed by atoms with E-state index in [0.29, 0.717) is 12.3 Å². The quantitative estimate of drug-likeness (QED) is 0.505. The number of hydrogen-bond donors (Lipinski definition) is 0. The average Bonchev–Trinajstić information content (AvgIpc) is 2.73. The molecular weight excluding hydrogens is 364 g/mol. The Balaban J connectivity index is 2.03. The maximum atomic E-state index is 13.0. The molecule has 0 N–H and O–H groups in total. The van der Waals surface area contributed by atoms with E-state index >= 15 is 0 Å². The lowest BCUT2D eigenvalue weighted by atomic mass is 9.73. The van der Waals surface area contributed by atoms with E-state index in [1.54, 1.807) is 20.1 Å². The van der Waals surface area contributed by atoms with E-state index in [9.17, 15) is 9.59 Å². The average molecular weight is 392 g/mol. The smallest absolute Gasteiger partial charge is 0.317 e. The molecule has 0 radical (unpaired) electrons. The molecular formula is C25H28O4. The molecule has 0 bridgehead atoms. The number of hydrogen-bond acceptors (Lipinski definition) is 4. The van der Waals surface area contributed by atoms with Gasteiger partial charge in [0.2, 0.25) is 0 Å². The van der Waals surface area contributed by atoms with Crippen LogP contribution in [0.1, 0.15) is 55.7 Å². The first-order chi connectivity index (χ1) is 14.0. The van der Waals surface area contributed by atoms with Gasteiger partial charge in [0.25, 0.3) is 0 Å². The van der Waals surface area contributed by atoms with E-state index in [4.69, 9.17) is 9.47 Å². The molecule has 0 fully saturated rings. The summed E-state index contributed by atoms with van der Waals surface area (Å²) in [5, 5.41) is 0. The molecule has 1 aliphatic rings. The molecule has 0 saturated carbocycles. The number of benzene rings is 2. The van der Waals surface area contributed by atoms with Gasteiger partial charge in [-0.05, 0) is 48.1 Å². The van der Waals surface area contributed by atoms with Crippen molar-refractivity contribution in [3.8, 4) is 5.75 Å². The SMILES string of the molecule is CCOC(=O)[C@@H]1C(=O)C=C(c2ccccc2OC)C[C@H]1c1ccc(C(C)C)cc1. The molecule has 4 nitrogen and oxygen atoms in total. The predicted octanol–water partition coefficient (Wildman–Crippen LogP) is 5.14. The monoisotopic (exact) mass is 392 g/mol.